The zero-order chi connectivity index (χ0) is 9.26. The third-order valence-electron chi connectivity index (χ3n) is 2.62. The van der Waals surface area contributed by atoms with Gasteiger partial charge in [-0.15, -0.1) is 0 Å². The average molecular weight is 201 g/mol. The highest BCUT2D eigenvalue weighted by molar-refractivity contribution is 6.27. The highest BCUT2D eigenvalue weighted by Gasteiger charge is 2.25. The van der Waals surface area contributed by atoms with Gasteiger partial charge in [-0.3, -0.25) is 0 Å². The summed E-state index contributed by atoms with van der Waals surface area (Å²) in [7, 11) is 0. The molecule has 3 nitrogen and oxygen atoms in total. The minimum atomic E-state index is 0.255. The van der Waals surface area contributed by atoms with Crippen LogP contribution in [0.1, 0.15) is 25.0 Å². The van der Waals surface area contributed by atoms with Gasteiger partial charge < -0.3 is 9.32 Å². The number of likely N-dealkylation sites (tertiary alicyclic amines) is 1. The quantitative estimate of drug-likeness (QED) is 0.733. The van der Waals surface area contributed by atoms with Gasteiger partial charge in [0.15, 0.2) is 0 Å². The number of hydrogen-bond donors (Lipinski definition) is 0. The fraction of sp³-hybridized carbons (Fsp3) is 0.667. The lowest BCUT2D eigenvalue weighted by Gasteiger charge is -2.10. The molecule has 0 spiro atoms. The van der Waals surface area contributed by atoms with Crippen molar-refractivity contribution in [3.63, 3.8) is 0 Å². The molecular weight excluding hydrogens is 188 g/mol. The van der Waals surface area contributed by atoms with Crippen LogP contribution in [0, 0.1) is 0 Å². The Kier molecular flexibility index (Phi) is 2.56. The molecule has 0 aromatic carbocycles. The van der Waals surface area contributed by atoms with Gasteiger partial charge in [-0.2, -0.15) is 0 Å². The number of rotatable bonds is 2. The molecule has 1 fully saturated rings. The third kappa shape index (κ3) is 1.86. The molecule has 1 aromatic rings. The van der Waals surface area contributed by atoms with E-state index in [-0.39, 0.29) is 5.35 Å². The van der Waals surface area contributed by atoms with Gasteiger partial charge in [0.2, 0.25) is 0 Å². The van der Waals surface area contributed by atoms with Crippen molar-refractivity contribution in [2.24, 2.45) is 0 Å². The lowest BCUT2D eigenvalue weighted by atomic mass is 10.1. The molecule has 4 heteroatoms. The first-order valence-electron chi connectivity index (χ1n) is 4.63. The van der Waals surface area contributed by atoms with E-state index in [0.29, 0.717) is 5.92 Å². The van der Waals surface area contributed by atoms with Gasteiger partial charge >= 0.3 is 0 Å². The molecule has 1 aliphatic heterocycles. The summed E-state index contributed by atoms with van der Waals surface area (Å²) in [5.41, 5.74) is 0. The first kappa shape index (κ1) is 9.03. The number of hydrogen-bond acceptors (Lipinski definition) is 3. The molecule has 0 bridgehead atoms. The average Bonchev–Trinajstić information content (AvgIpc) is 2.71. The molecule has 0 saturated carbocycles. The predicted octanol–water partition coefficient (Wildman–Crippen LogP) is 2.14. The van der Waals surface area contributed by atoms with Gasteiger partial charge in [-0.1, -0.05) is 6.92 Å². The van der Waals surface area contributed by atoms with Crippen molar-refractivity contribution < 1.29 is 4.42 Å². The monoisotopic (exact) mass is 200 g/mol. The van der Waals surface area contributed by atoms with Crippen molar-refractivity contribution in [2.45, 2.75) is 19.3 Å². The number of oxazole rings is 1. The maximum absolute atomic E-state index is 5.62. The topological polar surface area (TPSA) is 29.3 Å². The molecule has 0 radical (unpaired) electrons. The minimum absolute atomic E-state index is 0.255. The summed E-state index contributed by atoms with van der Waals surface area (Å²) < 4.78 is 5.29. The van der Waals surface area contributed by atoms with Crippen LogP contribution >= 0.6 is 11.6 Å². The van der Waals surface area contributed by atoms with Crippen LogP contribution in [-0.2, 0) is 0 Å². The standard InChI is InChI=1S/C9H13ClN2O/c1-2-12-4-3-7(6-12)8-5-11-9(10)13-8/h5,7H,2-4,6H2,1H3. The van der Waals surface area contributed by atoms with Crippen LogP contribution in [0.25, 0.3) is 0 Å². The van der Waals surface area contributed by atoms with Crippen LogP contribution in [0.15, 0.2) is 10.6 Å². The Morgan fingerprint density at radius 1 is 1.77 bits per heavy atom. The molecule has 72 valence electrons. The highest BCUT2D eigenvalue weighted by atomic mass is 35.5. The Labute approximate surface area is 82.7 Å². The molecule has 0 aliphatic carbocycles. The van der Waals surface area contributed by atoms with Crippen molar-refractivity contribution in [3.05, 3.63) is 17.3 Å². The minimum Gasteiger partial charge on any atom is -0.432 e. The van der Waals surface area contributed by atoms with E-state index in [1.807, 2.05) is 0 Å². The summed E-state index contributed by atoms with van der Waals surface area (Å²) >= 11 is 5.62. The molecule has 13 heavy (non-hydrogen) atoms. The number of aromatic nitrogens is 1. The molecule has 1 atom stereocenters. The summed E-state index contributed by atoms with van der Waals surface area (Å²) in [6, 6.07) is 0. The summed E-state index contributed by atoms with van der Waals surface area (Å²) in [6.45, 7) is 5.51. The third-order valence-corrected chi connectivity index (χ3v) is 2.79. The van der Waals surface area contributed by atoms with Gasteiger partial charge in [0.05, 0.1) is 6.20 Å². The molecule has 2 rings (SSSR count). The molecule has 1 aliphatic rings. The Morgan fingerprint density at radius 2 is 2.62 bits per heavy atom. The number of halogens is 1. The Hall–Kier alpha value is -0.540. The fourth-order valence-electron chi connectivity index (χ4n) is 1.81. The van der Waals surface area contributed by atoms with Gasteiger partial charge in [-0.25, -0.2) is 4.98 Å². The molecule has 1 aromatic heterocycles. The predicted molar refractivity (Wildman–Crippen MR) is 51.0 cm³/mol. The summed E-state index contributed by atoms with van der Waals surface area (Å²) in [5, 5.41) is 0.255. The van der Waals surface area contributed by atoms with Crippen molar-refractivity contribution in [1.29, 1.82) is 0 Å². The van der Waals surface area contributed by atoms with E-state index in [4.69, 9.17) is 16.0 Å². The first-order chi connectivity index (χ1) is 6.29. The summed E-state index contributed by atoms with van der Waals surface area (Å²) in [5.74, 6) is 1.42. The number of nitrogens with zero attached hydrogens (tertiary/aromatic N) is 2. The van der Waals surface area contributed by atoms with E-state index in [0.717, 1.165) is 31.8 Å². The molecule has 0 N–H and O–H groups in total. The molecule has 2 heterocycles. The summed E-state index contributed by atoms with van der Waals surface area (Å²) in [6.07, 6.45) is 2.89. The fourth-order valence-corrected chi connectivity index (χ4v) is 1.94. The lowest BCUT2D eigenvalue weighted by Crippen LogP contribution is -2.19. The van der Waals surface area contributed by atoms with E-state index in [9.17, 15) is 0 Å². The Bertz CT molecular complexity index is 287. The zero-order valence-electron chi connectivity index (χ0n) is 7.66. The van der Waals surface area contributed by atoms with E-state index < -0.39 is 0 Å². The van der Waals surface area contributed by atoms with Crippen molar-refractivity contribution in [1.82, 2.24) is 9.88 Å². The second-order valence-corrected chi connectivity index (χ2v) is 3.72. The maximum atomic E-state index is 5.62. The van der Waals surface area contributed by atoms with Crippen LogP contribution in [0.4, 0.5) is 0 Å². The Morgan fingerprint density at radius 3 is 3.15 bits per heavy atom. The normalized spacial score (nSPS) is 24.0. The summed E-state index contributed by atoms with van der Waals surface area (Å²) in [4.78, 5) is 6.30. The molecular formula is C9H13ClN2O. The SMILES string of the molecule is CCN1CCC(c2cnc(Cl)o2)C1. The number of likely N-dealkylation sites (N-methyl/N-ethyl adjacent to an activating group) is 1. The molecule has 1 unspecified atom stereocenters. The maximum Gasteiger partial charge on any atom is 0.292 e. The van der Waals surface area contributed by atoms with Crippen LogP contribution in [0.2, 0.25) is 5.35 Å². The zero-order valence-corrected chi connectivity index (χ0v) is 8.42. The second kappa shape index (κ2) is 3.68. The molecule has 0 amide bonds. The van der Waals surface area contributed by atoms with E-state index in [1.165, 1.54) is 0 Å². The second-order valence-electron chi connectivity index (χ2n) is 3.39. The molecule has 1 saturated heterocycles. The van der Waals surface area contributed by atoms with Crippen molar-refractivity contribution >= 4 is 11.6 Å². The van der Waals surface area contributed by atoms with Gasteiger partial charge in [0, 0.05) is 12.5 Å². The van der Waals surface area contributed by atoms with Crippen LogP contribution in [0.3, 0.4) is 0 Å². The highest BCUT2D eigenvalue weighted by Crippen LogP contribution is 2.28. The van der Waals surface area contributed by atoms with Gasteiger partial charge in [-0.05, 0) is 31.1 Å². The van der Waals surface area contributed by atoms with Crippen LogP contribution in [-0.4, -0.2) is 29.5 Å². The van der Waals surface area contributed by atoms with Crippen molar-refractivity contribution in [3.8, 4) is 0 Å². The first-order valence-corrected chi connectivity index (χ1v) is 5.01. The van der Waals surface area contributed by atoms with E-state index in [2.05, 4.69) is 16.8 Å². The van der Waals surface area contributed by atoms with E-state index >= 15 is 0 Å². The van der Waals surface area contributed by atoms with Crippen LogP contribution < -0.4 is 0 Å². The van der Waals surface area contributed by atoms with Crippen LogP contribution in [0.5, 0.6) is 0 Å². The lowest BCUT2D eigenvalue weighted by molar-refractivity contribution is 0.346. The largest absolute Gasteiger partial charge is 0.432 e. The van der Waals surface area contributed by atoms with E-state index in [1.54, 1.807) is 6.20 Å². The van der Waals surface area contributed by atoms with Gasteiger partial charge in [0.1, 0.15) is 5.76 Å². The van der Waals surface area contributed by atoms with Gasteiger partial charge in [0.25, 0.3) is 5.35 Å². The smallest absolute Gasteiger partial charge is 0.292 e. The Balaban J connectivity index is 2.03. The van der Waals surface area contributed by atoms with Crippen molar-refractivity contribution in [2.75, 3.05) is 19.6 Å².